The van der Waals surface area contributed by atoms with Crippen LogP contribution in [0.5, 0.6) is 0 Å². The first-order valence-electron chi connectivity index (χ1n) is 9.63. The second-order valence-corrected chi connectivity index (χ2v) is 7.25. The number of urea groups is 1. The van der Waals surface area contributed by atoms with Crippen LogP contribution in [0, 0.1) is 0 Å². The Hall–Kier alpha value is -0.800. The van der Waals surface area contributed by atoms with Gasteiger partial charge in [-0.15, -0.1) is 24.8 Å². The molecule has 0 radical (unpaired) electrons. The predicted molar refractivity (Wildman–Crippen MR) is 109 cm³/mol. The molecule has 0 saturated carbocycles. The van der Waals surface area contributed by atoms with E-state index in [4.69, 9.17) is 0 Å². The van der Waals surface area contributed by atoms with Gasteiger partial charge in [0.2, 0.25) is 0 Å². The summed E-state index contributed by atoms with van der Waals surface area (Å²) < 4.78 is 0. The van der Waals surface area contributed by atoms with Crippen LogP contribution in [0.3, 0.4) is 0 Å². The number of nitrogens with one attached hydrogen (secondary N) is 1. The number of carboxylic acid groups (broad SMARTS) is 1. The molecule has 3 aliphatic rings. The number of rotatable bonds is 4. The van der Waals surface area contributed by atoms with Crippen molar-refractivity contribution in [1.29, 1.82) is 0 Å². The zero-order chi connectivity index (χ0) is 17.6. The highest BCUT2D eigenvalue weighted by Crippen LogP contribution is 2.17. The van der Waals surface area contributed by atoms with Crippen molar-refractivity contribution in [1.82, 2.24) is 25.1 Å². The number of carbonyl (C=O) groups excluding carboxylic acids is 1. The molecule has 0 spiro atoms. The average Bonchev–Trinajstić information content (AvgIpc) is 2.67. The van der Waals surface area contributed by atoms with Crippen LogP contribution in [0.15, 0.2) is 0 Å². The molecular formula is C17H33Cl2N5O3. The van der Waals surface area contributed by atoms with E-state index in [0.717, 1.165) is 58.5 Å². The van der Waals surface area contributed by atoms with Gasteiger partial charge in [0, 0.05) is 45.3 Å². The highest BCUT2D eigenvalue weighted by atomic mass is 35.5. The maximum absolute atomic E-state index is 12.9. The van der Waals surface area contributed by atoms with Gasteiger partial charge in [0.25, 0.3) is 0 Å². The maximum Gasteiger partial charge on any atom is 0.335 e. The molecule has 27 heavy (non-hydrogen) atoms. The molecule has 8 nitrogen and oxygen atoms in total. The molecule has 0 unspecified atom stereocenters. The predicted octanol–water partition coefficient (Wildman–Crippen LogP) is 1.11. The highest BCUT2D eigenvalue weighted by molar-refractivity contribution is 5.85. The van der Waals surface area contributed by atoms with Gasteiger partial charge < -0.3 is 15.3 Å². The number of carbonyl (C=O) groups is 2. The van der Waals surface area contributed by atoms with Crippen LogP contribution < -0.4 is 5.32 Å². The minimum absolute atomic E-state index is 0. The molecule has 3 fully saturated rings. The molecule has 0 aromatic heterocycles. The topological polar surface area (TPSA) is 79.4 Å². The van der Waals surface area contributed by atoms with Crippen molar-refractivity contribution in [2.45, 2.75) is 38.1 Å². The quantitative estimate of drug-likeness (QED) is 0.701. The van der Waals surface area contributed by atoms with E-state index >= 15 is 0 Å². The van der Waals surface area contributed by atoms with E-state index in [-0.39, 0.29) is 37.4 Å². The summed E-state index contributed by atoms with van der Waals surface area (Å²) in [6, 6.07) is 0.477. The fourth-order valence-corrected chi connectivity index (χ4v) is 4.15. The minimum atomic E-state index is -0.952. The fraction of sp³-hybridized carbons (Fsp3) is 0.882. The van der Waals surface area contributed by atoms with Gasteiger partial charge in [0.15, 0.2) is 0 Å². The summed E-state index contributed by atoms with van der Waals surface area (Å²) in [5.41, 5.74) is 0. The first-order chi connectivity index (χ1) is 12.1. The van der Waals surface area contributed by atoms with Gasteiger partial charge in [-0.3, -0.25) is 9.69 Å². The van der Waals surface area contributed by atoms with Crippen LogP contribution in [0.1, 0.15) is 32.1 Å². The van der Waals surface area contributed by atoms with E-state index in [9.17, 15) is 14.7 Å². The van der Waals surface area contributed by atoms with Crippen LogP contribution in [0.4, 0.5) is 4.79 Å². The SMILES string of the molecule is Cl.Cl.O=C(O)CN(C(=O)N1CCN(C2CCNCC2)CC1)N1CCCCC1. The van der Waals surface area contributed by atoms with E-state index < -0.39 is 5.97 Å². The molecule has 0 aromatic carbocycles. The molecule has 0 bridgehead atoms. The van der Waals surface area contributed by atoms with Crippen molar-refractivity contribution in [3.63, 3.8) is 0 Å². The molecule has 3 aliphatic heterocycles. The van der Waals surface area contributed by atoms with E-state index in [0.29, 0.717) is 19.1 Å². The number of amides is 2. The Bertz CT molecular complexity index is 465. The second kappa shape index (κ2) is 11.9. The Morgan fingerprint density at radius 3 is 2.07 bits per heavy atom. The largest absolute Gasteiger partial charge is 0.480 e. The van der Waals surface area contributed by atoms with Crippen LogP contribution in [-0.2, 0) is 4.79 Å². The summed E-state index contributed by atoms with van der Waals surface area (Å²) in [5.74, 6) is -0.952. The van der Waals surface area contributed by atoms with Crippen molar-refractivity contribution in [2.24, 2.45) is 0 Å². The normalized spacial score (nSPS) is 22.4. The van der Waals surface area contributed by atoms with E-state index in [1.807, 2.05) is 9.91 Å². The molecule has 2 N–H and O–H groups in total. The van der Waals surface area contributed by atoms with Crippen molar-refractivity contribution >= 4 is 36.8 Å². The third-order valence-corrected chi connectivity index (χ3v) is 5.59. The molecule has 0 aromatic rings. The second-order valence-electron chi connectivity index (χ2n) is 7.25. The van der Waals surface area contributed by atoms with Gasteiger partial charge in [-0.05, 0) is 38.8 Å². The van der Waals surface area contributed by atoms with Crippen molar-refractivity contribution < 1.29 is 14.7 Å². The summed E-state index contributed by atoms with van der Waals surface area (Å²) in [6.07, 6.45) is 5.54. The molecule has 3 saturated heterocycles. The maximum atomic E-state index is 12.9. The Labute approximate surface area is 174 Å². The number of hydrazine groups is 1. The van der Waals surface area contributed by atoms with Crippen molar-refractivity contribution in [2.75, 3.05) is 58.9 Å². The van der Waals surface area contributed by atoms with Gasteiger partial charge in [0.1, 0.15) is 6.54 Å². The number of hydrogen-bond acceptors (Lipinski definition) is 5. The van der Waals surface area contributed by atoms with E-state index in [1.165, 1.54) is 17.9 Å². The lowest BCUT2D eigenvalue weighted by Crippen LogP contribution is -2.60. The Balaban J connectivity index is 0.00000182. The zero-order valence-electron chi connectivity index (χ0n) is 15.8. The molecule has 158 valence electrons. The van der Waals surface area contributed by atoms with Crippen LogP contribution in [-0.4, -0.2) is 102 Å². The first-order valence-corrected chi connectivity index (χ1v) is 9.63. The molecular weight excluding hydrogens is 393 g/mol. The number of aliphatic carboxylic acids is 1. The molecule has 3 heterocycles. The van der Waals surface area contributed by atoms with E-state index in [1.54, 1.807) is 0 Å². The lowest BCUT2D eigenvalue weighted by Gasteiger charge is -2.44. The standard InChI is InChI=1S/C17H31N5O3.2ClH/c23-16(24)14-22(21-8-2-1-3-9-21)17(25)20-12-10-19(11-13-20)15-4-6-18-7-5-15;;/h15,18H,1-14H2,(H,23,24);2*1H. The van der Waals surface area contributed by atoms with Gasteiger partial charge in [0.05, 0.1) is 0 Å². The molecule has 2 amide bonds. The van der Waals surface area contributed by atoms with Gasteiger partial charge in [-0.1, -0.05) is 6.42 Å². The van der Waals surface area contributed by atoms with Crippen molar-refractivity contribution in [3.05, 3.63) is 0 Å². The first kappa shape index (κ1) is 24.2. The van der Waals surface area contributed by atoms with Gasteiger partial charge in [-0.25, -0.2) is 14.8 Å². The number of carboxylic acids is 1. The molecule has 3 rings (SSSR count). The van der Waals surface area contributed by atoms with Gasteiger partial charge >= 0.3 is 12.0 Å². The van der Waals surface area contributed by atoms with Gasteiger partial charge in [-0.2, -0.15) is 0 Å². The number of piperidine rings is 2. The summed E-state index contributed by atoms with van der Waals surface area (Å²) in [6.45, 7) is 6.60. The summed E-state index contributed by atoms with van der Waals surface area (Å²) in [4.78, 5) is 28.5. The number of nitrogens with zero attached hydrogens (tertiary/aromatic N) is 4. The van der Waals surface area contributed by atoms with Crippen LogP contribution in [0.2, 0.25) is 0 Å². The monoisotopic (exact) mass is 425 g/mol. The molecule has 0 aliphatic carbocycles. The Kier molecular flexibility index (Phi) is 10.7. The number of piperazine rings is 1. The zero-order valence-corrected chi connectivity index (χ0v) is 17.5. The summed E-state index contributed by atoms with van der Waals surface area (Å²) in [7, 11) is 0. The average molecular weight is 426 g/mol. The Morgan fingerprint density at radius 1 is 0.926 bits per heavy atom. The third kappa shape index (κ3) is 6.64. The molecule has 10 heteroatoms. The Morgan fingerprint density at radius 2 is 1.52 bits per heavy atom. The lowest BCUT2D eigenvalue weighted by atomic mass is 10.0. The number of hydrogen-bond donors (Lipinski definition) is 2. The van der Waals surface area contributed by atoms with Crippen LogP contribution >= 0.6 is 24.8 Å². The fourth-order valence-electron chi connectivity index (χ4n) is 4.15. The summed E-state index contributed by atoms with van der Waals surface area (Å²) >= 11 is 0. The van der Waals surface area contributed by atoms with Crippen LogP contribution in [0.25, 0.3) is 0 Å². The molecule has 0 atom stereocenters. The highest BCUT2D eigenvalue weighted by Gasteiger charge is 2.32. The number of halogens is 2. The smallest absolute Gasteiger partial charge is 0.335 e. The third-order valence-electron chi connectivity index (χ3n) is 5.59. The lowest BCUT2D eigenvalue weighted by molar-refractivity contribution is -0.142. The minimum Gasteiger partial charge on any atom is -0.480 e. The van der Waals surface area contributed by atoms with E-state index in [2.05, 4.69) is 10.2 Å². The summed E-state index contributed by atoms with van der Waals surface area (Å²) in [5, 5.41) is 16.0. The van der Waals surface area contributed by atoms with Crippen molar-refractivity contribution in [3.8, 4) is 0 Å².